The molecule has 8 nitrogen and oxygen atoms in total. The van der Waals surface area contributed by atoms with E-state index in [0.717, 1.165) is 88.8 Å². The van der Waals surface area contributed by atoms with E-state index in [-0.39, 0.29) is 5.56 Å². The highest BCUT2D eigenvalue weighted by Gasteiger charge is 2.26. The summed E-state index contributed by atoms with van der Waals surface area (Å²) in [6.07, 6.45) is 7.47. The van der Waals surface area contributed by atoms with Crippen molar-refractivity contribution in [1.82, 2.24) is 9.55 Å². The quantitative estimate of drug-likeness (QED) is 0.0528. The van der Waals surface area contributed by atoms with Crippen LogP contribution in [0.4, 0.5) is 17.1 Å². The Balaban J connectivity index is 1.14. The molecule has 0 unspecified atom stereocenters. The fourth-order valence-electron chi connectivity index (χ4n) is 8.78. The van der Waals surface area contributed by atoms with E-state index in [4.69, 9.17) is 4.98 Å². The van der Waals surface area contributed by atoms with Gasteiger partial charge in [0.15, 0.2) is 11.5 Å². The van der Waals surface area contributed by atoms with E-state index in [9.17, 15) is 25.5 Å². The number of aromatic hydroxyl groups is 5. The van der Waals surface area contributed by atoms with Gasteiger partial charge in [-0.3, -0.25) is 4.98 Å². The van der Waals surface area contributed by atoms with Crippen LogP contribution in [0.3, 0.4) is 0 Å². The summed E-state index contributed by atoms with van der Waals surface area (Å²) in [5.41, 5.74) is 11.1. The Hall–Kier alpha value is -9.01. The minimum absolute atomic E-state index is 0.221. The first-order chi connectivity index (χ1) is 31.7. The Labute approximate surface area is 374 Å². The second-order valence-corrected chi connectivity index (χ2v) is 15.7. The summed E-state index contributed by atoms with van der Waals surface area (Å²) >= 11 is 0. The van der Waals surface area contributed by atoms with Gasteiger partial charge in [0.1, 0.15) is 0 Å². The van der Waals surface area contributed by atoms with Gasteiger partial charge < -0.3 is 35.0 Å². The van der Waals surface area contributed by atoms with E-state index in [0.29, 0.717) is 5.56 Å². The van der Waals surface area contributed by atoms with Crippen molar-refractivity contribution in [3.05, 3.63) is 213 Å². The molecule has 10 aromatic rings. The summed E-state index contributed by atoms with van der Waals surface area (Å²) in [6.45, 7) is 8.05. The summed E-state index contributed by atoms with van der Waals surface area (Å²) in [6, 6.07) is 56.9. The maximum Gasteiger partial charge on any atom is 0.208 e. The van der Waals surface area contributed by atoms with Gasteiger partial charge in [-0.15, -0.1) is 0 Å². The van der Waals surface area contributed by atoms with Crippen LogP contribution in [-0.4, -0.2) is 35.1 Å². The van der Waals surface area contributed by atoms with Crippen LogP contribution in [0.25, 0.3) is 77.3 Å². The molecule has 2 heterocycles. The lowest BCUT2D eigenvalue weighted by atomic mass is 9.97. The third-order valence-electron chi connectivity index (χ3n) is 11.9. The van der Waals surface area contributed by atoms with E-state index in [1.807, 2.05) is 97.2 Å². The molecule has 8 heteroatoms. The number of fused-ring (bicyclic) bond motifs is 4. The number of benzene rings is 8. The Morgan fingerprint density at radius 1 is 0.492 bits per heavy atom. The van der Waals surface area contributed by atoms with E-state index in [1.165, 1.54) is 0 Å². The van der Waals surface area contributed by atoms with Gasteiger partial charge in [0.25, 0.3) is 0 Å². The molecule has 314 valence electrons. The molecule has 0 fully saturated rings. The van der Waals surface area contributed by atoms with Crippen LogP contribution < -0.4 is 4.90 Å². The van der Waals surface area contributed by atoms with Crippen LogP contribution in [0.5, 0.6) is 28.7 Å². The van der Waals surface area contributed by atoms with Crippen molar-refractivity contribution in [3.63, 3.8) is 0 Å². The molecule has 0 saturated carbocycles. The Morgan fingerprint density at radius 2 is 1.12 bits per heavy atom. The largest absolute Gasteiger partial charge is 0.504 e. The average Bonchev–Trinajstić information content (AvgIpc) is 3.67. The fraction of sp³-hybridized carbons (Fsp3) is 0. The summed E-state index contributed by atoms with van der Waals surface area (Å²) in [4.78, 5) is 7.30. The molecule has 0 aliphatic heterocycles. The summed E-state index contributed by atoms with van der Waals surface area (Å²) in [5, 5.41) is 56.8. The zero-order chi connectivity index (χ0) is 44.8. The van der Waals surface area contributed by atoms with Gasteiger partial charge in [-0.05, 0) is 93.9 Å². The highest BCUT2D eigenvalue weighted by molar-refractivity contribution is 6.12. The van der Waals surface area contributed by atoms with Crippen molar-refractivity contribution in [2.75, 3.05) is 4.90 Å². The molecular formula is C57H41N3O5. The number of allylic oxidation sites excluding steroid dienone is 4. The number of aromatic nitrogens is 2. The van der Waals surface area contributed by atoms with Gasteiger partial charge >= 0.3 is 0 Å². The number of phenols is 5. The zero-order valence-corrected chi connectivity index (χ0v) is 35.0. The summed E-state index contributed by atoms with van der Waals surface area (Å²) < 4.78 is 2.13. The lowest BCUT2D eigenvalue weighted by molar-refractivity contribution is 0.330. The van der Waals surface area contributed by atoms with Gasteiger partial charge in [0, 0.05) is 33.1 Å². The lowest BCUT2D eigenvalue weighted by Crippen LogP contribution is -2.11. The van der Waals surface area contributed by atoms with Crippen molar-refractivity contribution in [2.24, 2.45) is 0 Å². The monoisotopic (exact) mass is 847 g/mol. The number of hydrogen-bond acceptors (Lipinski definition) is 7. The smallest absolute Gasteiger partial charge is 0.208 e. The molecule has 0 amide bonds. The molecule has 10 rings (SSSR count). The summed E-state index contributed by atoms with van der Waals surface area (Å²) in [5.74, 6) is -4.41. The fourth-order valence-corrected chi connectivity index (χ4v) is 8.78. The lowest BCUT2D eigenvalue weighted by Gasteiger charge is -2.26. The highest BCUT2D eigenvalue weighted by atomic mass is 16.4. The maximum absolute atomic E-state index is 10.9. The molecule has 2 aromatic heterocycles. The van der Waals surface area contributed by atoms with Crippen molar-refractivity contribution in [3.8, 4) is 67.9 Å². The predicted molar refractivity (Wildman–Crippen MR) is 264 cm³/mol. The first-order valence-corrected chi connectivity index (χ1v) is 21.0. The first kappa shape index (κ1) is 40.1. The van der Waals surface area contributed by atoms with E-state index < -0.39 is 28.7 Å². The number of rotatable bonds is 10. The molecule has 0 aliphatic carbocycles. The first-order valence-electron chi connectivity index (χ1n) is 21.0. The van der Waals surface area contributed by atoms with Crippen molar-refractivity contribution < 1.29 is 25.5 Å². The number of anilines is 3. The van der Waals surface area contributed by atoms with E-state index >= 15 is 0 Å². The Bertz CT molecular complexity index is 3490. The number of nitrogens with zero attached hydrogens (tertiary/aromatic N) is 3. The Kier molecular flexibility index (Phi) is 10.1. The van der Waals surface area contributed by atoms with Gasteiger partial charge in [-0.25, -0.2) is 0 Å². The third-order valence-corrected chi connectivity index (χ3v) is 11.9. The van der Waals surface area contributed by atoms with Crippen LogP contribution in [0, 0.1) is 0 Å². The number of pyridine rings is 1. The highest BCUT2D eigenvalue weighted by Crippen LogP contribution is 2.55. The van der Waals surface area contributed by atoms with Gasteiger partial charge in [-0.1, -0.05) is 141 Å². The molecule has 0 bridgehead atoms. The van der Waals surface area contributed by atoms with E-state index in [2.05, 4.69) is 101 Å². The van der Waals surface area contributed by atoms with Crippen LogP contribution in [0.15, 0.2) is 207 Å². The zero-order valence-electron chi connectivity index (χ0n) is 35.0. The van der Waals surface area contributed by atoms with Crippen molar-refractivity contribution in [1.29, 1.82) is 0 Å². The molecule has 0 atom stereocenters. The molecule has 5 N–H and O–H groups in total. The standard InChI is InChI=1S/C57H41N3O5/c1-3-14-35(4-2)40-29-41(36-15-7-5-8-16-36)31-44(30-40)59(42-19-9-6-10-20-42)43-25-28-48(58-34-43)38-23-26-46-47-27-24-39(52-53(61)55(63)57(65)56(64)54(52)62)33-51(47)60(50(46)32-38)49-22-13-18-37-17-11-12-21-45(37)49/h3-34,61-65H,1-2H2/b35-14+. The average molecular weight is 848 g/mol. The molecule has 0 saturated heterocycles. The van der Waals surface area contributed by atoms with Gasteiger partial charge in [-0.2, -0.15) is 0 Å². The molecule has 0 aliphatic rings. The number of phenolic OH excluding ortho intramolecular Hbond substituents is 5. The van der Waals surface area contributed by atoms with Crippen LogP contribution in [0.1, 0.15) is 5.56 Å². The van der Waals surface area contributed by atoms with Crippen molar-refractivity contribution in [2.45, 2.75) is 0 Å². The maximum atomic E-state index is 10.9. The minimum atomic E-state index is -1.01. The molecule has 65 heavy (non-hydrogen) atoms. The van der Waals surface area contributed by atoms with Crippen LogP contribution in [0.2, 0.25) is 0 Å². The second-order valence-electron chi connectivity index (χ2n) is 15.7. The summed E-state index contributed by atoms with van der Waals surface area (Å²) in [7, 11) is 0. The van der Waals surface area contributed by atoms with Gasteiger partial charge in [0.2, 0.25) is 17.2 Å². The number of hydrogen-bond donors (Lipinski definition) is 5. The molecule has 0 spiro atoms. The SMILES string of the molecule is C=C/C=C(\C=C)c1cc(-c2ccccc2)cc(N(c2ccccc2)c2ccc(-c3ccc4c5ccc(-c6c(O)c(O)c(O)c(O)c6O)cc5n(-c5cccc6ccccc56)c4c3)nc2)c1. The number of para-hydroxylation sites is 1. The topological polar surface area (TPSA) is 122 Å². The second kappa shape index (κ2) is 16.4. The van der Waals surface area contributed by atoms with Crippen LogP contribution in [-0.2, 0) is 0 Å². The minimum Gasteiger partial charge on any atom is -0.504 e. The normalized spacial score (nSPS) is 11.6. The third kappa shape index (κ3) is 6.96. The molecule has 8 aromatic carbocycles. The Morgan fingerprint density at radius 3 is 1.80 bits per heavy atom. The van der Waals surface area contributed by atoms with Crippen molar-refractivity contribution >= 4 is 55.2 Å². The predicted octanol–water partition coefficient (Wildman–Crippen LogP) is 14.1. The van der Waals surface area contributed by atoms with Gasteiger partial charge in [0.05, 0.1) is 39.9 Å². The van der Waals surface area contributed by atoms with E-state index in [1.54, 1.807) is 18.2 Å². The van der Waals surface area contributed by atoms with Crippen LogP contribution >= 0.6 is 0 Å². The molecule has 0 radical (unpaired) electrons. The molecular weight excluding hydrogens is 807 g/mol.